The fraction of sp³-hybridized carbons (Fsp3) is 0.393. The topological polar surface area (TPSA) is 38.3 Å². The monoisotopic (exact) mass is 417 g/mol. The van der Waals surface area contributed by atoms with E-state index < -0.39 is 0 Å². The van der Waals surface area contributed by atoms with Crippen molar-refractivity contribution in [2.24, 2.45) is 5.92 Å². The van der Waals surface area contributed by atoms with Crippen LogP contribution in [0.15, 0.2) is 78.2 Å². The van der Waals surface area contributed by atoms with E-state index in [1.54, 1.807) is 6.08 Å². The lowest BCUT2D eigenvalue weighted by Crippen LogP contribution is -2.23. The molecule has 0 atom stereocenters. The van der Waals surface area contributed by atoms with Crippen LogP contribution in [0.5, 0.6) is 0 Å². The number of unbranched alkanes of at least 4 members (excludes halogenated alkanes) is 1. The van der Waals surface area contributed by atoms with E-state index in [9.17, 15) is 4.79 Å². The summed E-state index contributed by atoms with van der Waals surface area (Å²) in [6, 6.07) is 20.0. The zero-order valence-electron chi connectivity index (χ0n) is 18.9. The van der Waals surface area contributed by atoms with Gasteiger partial charge in [0.1, 0.15) is 5.76 Å². The summed E-state index contributed by atoms with van der Waals surface area (Å²) in [7, 11) is 0. The molecule has 1 saturated heterocycles. The Balaban J connectivity index is 1.80. The molecule has 1 N–H and O–H groups in total. The first-order valence-electron chi connectivity index (χ1n) is 11.6. The molecule has 1 aliphatic heterocycles. The maximum atomic E-state index is 13.0. The molecule has 0 aromatic heterocycles. The van der Waals surface area contributed by atoms with Gasteiger partial charge in [0.05, 0.1) is 0 Å². The van der Waals surface area contributed by atoms with Gasteiger partial charge in [-0.05, 0) is 48.3 Å². The van der Waals surface area contributed by atoms with Crippen molar-refractivity contribution in [1.29, 1.82) is 0 Å². The average Bonchev–Trinajstić information content (AvgIpc) is 2.81. The quantitative estimate of drug-likeness (QED) is 0.209. The van der Waals surface area contributed by atoms with E-state index in [0.29, 0.717) is 5.92 Å². The van der Waals surface area contributed by atoms with Crippen LogP contribution in [-0.4, -0.2) is 12.5 Å². The number of benzene rings is 2. The normalized spacial score (nSPS) is 15.2. The van der Waals surface area contributed by atoms with Crippen LogP contribution in [0, 0.1) is 5.92 Å². The molecule has 0 unspecified atom stereocenters. The SMILES string of the molecule is CC(C)CCCC/C(OC(=O)C=C(c1ccccc1)c1ccccc1)=C1\CCCCN1. The van der Waals surface area contributed by atoms with Crippen LogP contribution in [0.25, 0.3) is 5.57 Å². The molecule has 0 bridgehead atoms. The molecule has 1 fully saturated rings. The molecule has 31 heavy (non-hydrogen) atoms. The highest BCUT2D eigenvalue weighted by molar-refractivity contribution is 5.96. The first-order chi connectivity index (χ1) is 15.1. The lowest BCUT2D eigenvalue weighted by atomic mass is 9.97. The number of piperidine rings is 1. The number of carbonyl (C=O) groups is 1. The Morgan fingerprint density at radius 2 is 1.61 bits per heavy atom. The lowest BCUT2D eigenvalue weighted by Gasteiger charge is -2.21. The van der Waals surface area contributed by atoms with Crippen molar-refractivity contribution >= 4 is 11.5 Å². The Kier molecular flexibility index (Phi) is 8.96. The molecular formula is C28H35NO2. The minimum absolute atomic E-state index is 0.304. The molecule has 1 heterocycles. The Morgan fingerprint density at radius 3 is 2.16 bits per heavy atom. The molecule has 0 saturated carbocycles. The average molecular weight is 418 g/mol. The fourth-order valence-corrected chi connectivity index (χ4v) is 3.93. The van der Waals surface area contributed by atoms with E-state index in [1.165, 1.54) is 12.8 Å². The van der Waals surface area contributed by atoms with Gasteiger partial charge >= 0.3 is 5.97 Å². The molecule has 1 aliphatic rings. The highest BCUT2D eigenvalue weighted by Gasteiger charge is 2.16. The number of hydrogen-bond acceptors (Lipinski definition) is 3. The molecule has 0 aliphatic carbocycles. The van der Waals surface area contributed by atoms with Gasteiger partial charge in [-0.1, -0.05) is 87.4 Å². The summed E-state index contributed by atoms with van der Waals surface area (Å²) >= 11 is 0. The van der Waals surface area contributed by atoms with Crippen LogP contribution in [0.3, 0.4) is 0 Å². The summed E-state index contributed by atoms with van der Waals surface area (Å²) in [6.45, 7) is 5.46. The largest absolute Gasteiger partial charge is 0.426 e. The van der Waals surface area contributed by atoms with Crippen molar-refractivity contribution < 1.29 is 9.53 Å². The van der Waals surface area contributed by atoms with Crippen molar-refractivity contribution in [3.63, 3.8) is 0 Å². The van der Waals surface area contributed by atoms with Gasteiger partial charge in [0, 0.05) is 24.7 Å². The van der Waals surface area contributed by atoms with E-state index in [0.717, 1.165) is 66.8 Å². The van der Waals surface area contributed by atoms with Crippen LogP contribution < -0.4 is 5.32 Å². The first-order valence-corrected chi connectivity index (χ1v) is 11.6. The minimum Gasteiger partial charge on any atom is -0.426 e. The third kappa shape index (κ3) is 7.43. The van der Waals surface area contributed by atoms with Gasteiger partial charge < -0.3 is 10.1 Å². The Morgan fingerprint density at radius 1 is 0.968 bits per heavy atom. The van der Waals surface area contributed by atoms with Gasteiger partial charge in [-0.2, -0.15) is 0 Å². The summed E-state index contributed by atoms with van der Waals surface area (Å²) in [5, 5.41) is 3.47. The number of allylic oxidation sites excluding steroid dienone is 2. The zero-order chi connectivity index (χ0) is 21.9. The van der Waals surface area contributed by atoms with Gasteiger partial charge in [-0.15, -0.1) is 0 Å². The summed E-state index contributed by atoms with van der Waals surface area (Å²) in [6.07, 6.45) is 9.12. The van der Waals surface area contributed by atoms with Gasteiger partial charge in [0.2, 0.25) is 0 Å². The maximum Gasteiger partial charge on any atom is 0.336 e. The van der Waals surface area contributed by atoms with Crippen molar-refractivity contribution in [3.05, 3.63) is 89.3 Å². The van der Waals surface area contributed by atoms with Crippen molar-refractivity contribution in [3.8, 4) is 0 Å². The fourth-order valence-electron chi connectivity index (χ4n) is 3.93. The van der Waals surface area contributed by atoms with Crippen molar-refractivity contribution in [1.82, 2.24) is 5.32 Å². The van der Waals surface area contributed by atoms with Gasteiger partial charge in [0.15, 0.2) is 0 Å². The molecule has 0 radical (unpaired) electrons. The van der Waals surface area contributed by atoms with E-state index in [1.807, 2.05) is 60.7 Å². The number of carbonyl (C=O) groups excluding carboxylic acids is 1. The van der Waals surface area contributed by atoms with Gasteiger partial charge in [-0.25, -0.2) is 4.79 Å². The molecule has 164 valence electrons. The highest BCUT2D eigenvalue weighted by atomic mass is 16.5. The second-order valence-corrected chi connectivity index (χ2v) is 8.64. The zero-order valence-corrected chi connectivity index (χ0v) is 18.9. The summed E-state index contributed by atoms with van der Waals surface area (Å²) in [5.74, 6) is 1.22. The number of ether oxygens (including phenoxy) is 1. The summed E-state index contributed by atoms with van der Waals surface area (Å²) in [5.41, 5.74) is 4.01. The number of rotatable bonds is 9. The molecule has 3 nitrogen and oxygen atoms in total. The third-order valence-corrected chi connectivity index (χ3v) is 5.62. The summed E-state index contributed by atoms with van der Waals surface area (Å²) < 4.78 is 5.97. The van der Waals surface area contributed by atoms with E-state index >= 15 is 0 Å². The van der Waals surface area contributed by atoms with Crippen LogP contribution in [0.2, 0.25) is 0 Å². The van der Waals surface area contributed by atoms with Crippen molar-refractivity contribution in [2.75, 3.05) is 6.54 Å². The summed E-state index contributed by atoms with van der Waals surface area (Å²) in [4.78, 5) is 13.0. The van der Waals surface area contributed by atoms with Crippen LogP contribution in [0.4, 0.5) is 0 Å². The van der Waals surface area contributed by atoms with Crippen LogP contribution in [-0.2, 0) is 9.53 Å². The van der Waals surface area contributed by atoms with E-state index in [2.05, 4.69) is 19.2 Å². The minimum atomic E-state index is -0.304. The van der Waals surface area contributed by atoms with E-state index in [4.69, 9.17) is 4.74 Å². The van der Waals surface area contributed by atoms with Gasteiger partial charge in [-0.3, -0.25) is 0 Å². The van der Waals surface area contributed by atoms with Crippen molar-refractivity contribution in [2.45, 2.75) is 58.8 Å². The third-order valence-electron chi connectivity index (χ3n) is 5.62. The Hall–Kier alpha value is -2.81. The predicted octanol–water partition coefficient (Wildman–Crippen LogP) is 6.86. The maximum absolute atomic E-state index is 13.0. The standard InChI is InChI=1S/C28H35NO2/c1-22(2)13-9-10-19-27(26-18-11-12-20-29-26)31-28(30)21-25(23-14-5-3-6-15-23)24-16-7-4-8-17-24/h3-8,14-17,21-22,29H,9-13,18-20H2,1-2H3/b27-26-. The van der Waals surface area contributed by atoms with Crippen LogP contribution in [0.1, 0.15) is 69.9 Å². The second kappa shape index (κ2) is 12.1. The molecule has 2 aromatic carbocycles. The Labute approximate surface area is 187 Å². The Bertz CT molecular complexity index is 832. The molecule has 0 amide bonds. The van der Waals surface area contributed by atoms with E-state index in [-0.39, 0.29) is 5.97 Å². The highest BCUT2D eigenvalue weighted by Crippen LogP contribution is 2.25. The van der Waals surface area contributed by atoms with Gasteiger partial charge in [0.25, 0.3) is 0 Å². The molecule has 0 spiro atoms. The molecule has 2 aromatic rings. The molecule has 3 rings (SSSR count). The molecular weight excluding hydrogens is 382 g/mol. The second-order valence-electron chi connectivity index (χ2n) is 8.64. The number of hydrogen-bond donors (Lipinski definition) is 1. The molecule has 3 heteroatoms. The first kappa shape index (κ1) is 22.9. The van der Waals surface area contributed by atoms with Crippen LogP contribution >= 0.6 is 0 Å². The number of nitrogens with one attached hydrogen (secondary N) is 1. The predicted molar refractivity (Wildman–Crippen MR) is 128 cm³/mol. The lowest BCUT2D eigenvalue weighted by molar-refractivity contribution is -0.134. The number of esters is 1. The smallest absolute Gasteiger partial charge is 0.336 e.